The topological polar surface area (TPSA) is 15.3 Å². The van der Waals surface area contributed by atoms with Gasteiger partial charge in [-0.1, -0.05) is 30.3 Å². The van der Waals surface area contributed by atoms with Gasteiger partial charge in [0.05, 0.1) is 6.04 Å². The molecule has 2 nitrogen and oxygen atoms in total. The molecule has 0 aromatic heterocycles. The molecule has 0 amide bonds. The van der Waals surface area contributed by atoms with E-state index in [-0.39, 0.29) is 0 Å². The Morgan fingerprint density at radius 1 is 1.10 bits per heavy atom. The Kier molecular flexibility index (Phi) is 3.39. The van der Waals surface area contributed by atoms with Crippen molar-refractivity contribution >= 4 is 11.4 Å². The van der Waals surface area contributed by atoms with Gasteiger partial charge in [0.15, 0.2) is 0 Å². The summed E-state index contributed by atoms with van der Waals surface area (Å²) in [5.41, 5.74) is 6.75. The van der Waals surface area contributed by atoms with E-state index in [0.717, 1.165) is 0 Å². The van der Waals surface area contributed by atoms with Gasteiger partial charge in [0, 0.05) is 25.5 Å². The SMILES string of the molecule is Cc1ccc(NC2CCc3ccccc32)cc1N(C)C. The highest BCUT2D eigenvalue weighted by molar-refractivity contribution is 5.62. The second-order valence-electron chi connectivity index (χ2n) is 5.83. The average molecular weight is 266 g/mol. The van der Waals surface area contributed by atoms with E-state index >= 15 is 0 Å². The van der Waals surface area contributed by atoms with E-state index in [1.54, 1.807) is 0 Å². The van der Waals surface area contributed by atoms with Crippen molar-refractivity contribution in [2.45, 2.75) is 25.8 Å². The van der Waals surface area contributed by atoms with E-state index in [1.165, 1.54) is 40.9 Å². The molecule has 1 atom stereocenters. The standard InChI is InChI=1S/C18H22N2/c1-13-8-10-15(12-18(13)20(2)3)19-17-11-9-14-6-4-5-7-16(14)17/h4-8,10,12,17,19H,9,11H2,1-3H3. The van der Waals surface area contributed by atoms with Crippen molar-refractivity contribution in [3.05, 3.63) is 59.2 Å². The minimum Gasteiger partial charge on any atom is -0.378 e. The van der Waals surface area contributed by atoms with Crippen LogP contribution in [0.3, 0.4) is 0 Å². The lowest BCUT2D eigenvalue weighted by Gasteiger charge is -2.20. The molecule has 2 aromatic carbocycles. The van der Waals surface area contributed by atoms with Crippen LogP contribution in [-0.2, 0) is 6.42 Å². The van der Waals surface area contributed by atoms with Gasteiger partial charge in [0.2, 0.25) is 0 Å². The van der Waals surface area contributed by atoms with Crippen LogP contribution in [0.5, 0.6) is 0 Å². The summed E-state index contributed by atoms with van der Waals surface area (Å²) in [4.78, 5) is 2.17. The van der Waals surface area contributed by atoms with Crippen molar-refractivity contribution in [1.29, 1.82) is 0 Å². The summed E-state index contributed by atoms with van der Waals surface area (Å²) < 4.78 is 0. The summed E-state index contributed by atoms with van der Waals surface area (Å²) in [5.74, 6) is 0. The van der Waals surface area contributed by atoms with Gasteiger partial charge in [-0.15, -0.1) is 0 Å². The Bertz CT molecular complexity index is 617. The predicted molar refractivity (Wildman–Crippen MR) is 86.6 cm³/mol. The molecule has 0 heterocycles. The van der Waals surface area contributed by atoms with Crippen LogP contribution in [0.4, 0.5) is 11.4 Å². The van der Waals surface area contributed by atoms with Crippen molar-refractivity contribution in [2.75, 3.05) is 24.3 Å². The van der Waals surface area contributed by atoms with Gasteiger partial charge in [0.25, 0.3) is 0 Å². The summed E-state index contributed by atoms with van der Waals surface area (Å²) in [7, 11) is 4.19. The fourth-order valence-electron chi connectivity index (χ4n) is 3.09. The highest BCUT2D eigenvalue weighted by Crippen LogP contribution is 2.34. The maximum Gasteiger partial charge on any atom is 0.0519 e. The monoisotopic (exact) mass is 266 g/mol. The van der Waals surface area contributed by atoms with Gasteiger partial charge in [0.1, 0.15) is 0 Å². The first kappa shape index (κ1) is 13.0. The number of benzene rings is 2. The second kappa shape index (κ2) is 5.20. The Balaban J connectivity index is 1.84. The molecule has 2 heteroatoms. The van der Waals surface area contributed by atoms with Crippen molar-refractivity contribution < 1.29 is 0 Å². The van der Waals surface area contributed by atoms with E-state index in [0.29, 0.717) is 6.04 Å². The molecule has 0 bridgehead atoms. The highest BCUT2D eigenvalue weighted by atomic mass is 15.1. The zero-order valence-electron chi connectivity index (χ0n) is 12.5. The summed E-state index contributed by atoms with van der Waals surface area (Å²) in [6.07, 6.45) is 2.37. The van der Waals surface area contributed by atoms with Crippen LogP contribution in [-0.4, -0.2) is 14.1 Å². The molecule has 0 aliphatic heterocycles. The molecule has 0 fully saturated rings. The Morgan fingerprint density at radius 2 is 1.90 bits per heavy atom. The summed E-state index contributed by atoms with van der Waals surface area (Å²) in [6, 6.07) is 15.8. The number of anilines is 2. The van der Waals surface area contributed by atoms with Crippen LogP contribution in [0.2, 0.25) is 0 Å². The van der Waals surface area contributed by atoms with Gasteiger partial charge in [-0.2, -0.15) is 0 Å². The van der Waals surface area contributed by atoms with E-state index in [9.17, 15) is 0 Å². The number of nitrogens with zero attached hydrogens (tertiary/aromatic N) is 1. The zero-order valence-corrected chi connectivity index (χ0v) is 12.5. The van der Waals surface area contributed by atoms with Crippen LogP contribution in [0.15, 0.2) is 42.5 Å². The maximum atomic E-state index is 3.69. The second-order valence-corrected chi connectivity index (χ2v) is 5.83. The molecule has 1 aliphatic carbocycles. The third-order valence-electron chi connectivity index (χ3n) is 4.16. The lowest BCUT2D eigenvalue weighted by molar-refractivity contribution is 0.762. The van der Waals surface area contributed by atoms with E-state index in [4.69, 9.17) is 0 Å². The molecule has 3 rings (SSSR count). The quantitative estimate of drug-likeness (QED) is 0.897. The third-order valence-corrected chi connectivity index (χ3v) is 4.16. The highest BCUT2D eigenvalue weighted by Gasteiger charge is 2.21. The molecule has 20 heavy (non-hydrogen) atoms. The minimum atomic E-state index is 0.448. The zero-order chi connectivity index (χ0) is 14.1. The van der Waals surface area contributed by atoms with Crippen LogP contribution in [0, 0.1) is 6.92 Å². The molecular weight excluding hydrogens is 244 g/mol. The molecule has 1 aliphatic rings. The Morgan fingerprint density at radius 3 is 2.70 bits per heavy atom. The average Bonchev–Trinajstić information content (AvgIpc) is 2.84. The normalized spacial score (nSPS) is 16.9. The van der Waals surface area contributed by atoms with E-state index in [1.807, 2.05) is 0 Å². The molecule has 104 valence electrons. The summed E-state index contributed by atoms with van der Waals surface area (Å²) in [6.45, 7) is 2.16. The van der Waals surface area contributed by atoms with E-state index in [2.05, 4.69) is 73.7 Å². The van der Waals surface area contributed by atoms with Gasteiger partial charge in [-0.05, 0) is 48.6 Å². The van der Waals surface area contributed by atoms with Gasteiger partial charge in [-0.3, -0.25) is 0 Å². The number of hydrogen-bond donors (Lipinski definition) is 1. The number of hydrogen-bond acceptors (Lipinski definition) is 2. The molecule has 0 saturated heterocycles. The summed E-state index contributed by atoms with van der Waals surface area (Å²) in [5, 5.41) is 3.69. The lowest BCUT2D eigenvalue weighted by atomic mass is 10.1. The molecule has 1 N–H and O–H groups in total. The number of aryl methyl sites for hydroxylation is 2. The summed E-state index contributed by atoms with van der Waals surface area (Å²) >= 11 is 0. The fourth-order valence-corrected chi connectivity index (χ4v) is 3.09. The predicted octanol–water partition coefficient (Wildman–Crippen LogP) is 4.16. The minimum absolute atomic E-state index is 0.448. The Labute approximate surface area is 121 Å². The van der Waals surface area contributed by atoms with E-state index < -0.39 is 0 Å². The van der Waals surface area contributed by atoms with Crippen molar-refractivity contribution in [3.8, 4) is 0 Å². The van der Waals surface area contributed by atoms with Crippen LogP contribution in [0.25, 0.3) is 0 Å². The molecule has 0 saturated carbocycles. The first-order valence-electron chi connectivity index (χ1n) is 7.27. The third kappa shape index (κ3) is 2.38. The number of fused-ring (bicyclic) bond motifs is 1. The molecule has 0 radical (unpaired) electrons. The molecular formula is C18H22N2. The van der Waals surface area contributed by atoms with Crippen molar-refractivity contribution in [3.63, 3.8) is 0 Å². The first-order valence-corrected chi connectivity index (χ1v) is 7.27. The molecule has 2 aromatic rings. The first-order chi connectivity index (χ1) is 9.65. The van der Waals surface area contributed by atoms with Crippen molar-refractivity contribution in [2.24, 2.45) is 0 Å². The van der Waals surface area contributed by atoms with Crippen LogP contribution < -0.4 is 10.2 Å². The number of nitrogens with one attached hydrogen (secondary N) is 1. The van der Waals surface area contributed by atoms with Crippen LogP contribution in [0.1, 0.15) is 29.2 Å². The molecule has 0 spiro atoms. The number of rotatable bonds is 3. The van der Waals surface area contributed by atoms with Gasteiger partial charge < -0.3 is 10.2 Å². The fraction of sp³-hybridized carbons (Fsp3) is 0.333. The van der Waals surface area contributed by atoms with Crippen LogP contribution >= 0.6 is 0 Å². The largest absolute Gasteiger partial charge is 0.378 e. The van der Waals surface area contributed by atoms with Gasteiger partial charge in [-0.25, -0.2) is 0 Å². The lowest BCUT2D eigenvalue weighted by Crippen LogP contribution is -2.12. The van der Waals surface area contributed by atoms with Crippen molar-refractivity contribution in [1.82, 2.24) is 0 Å². The Hall–Kier alpha value is -1.96. The molecule has 1 unspecified atom stereocenters. The smallest absolute Gasteiger partial charge is 0.0519 e. The van der Waals surface area contributed by atoms with Gasteiger partial charge >= 0.3 is 0 Å². The maximum absolute atomic E-state index is 3.69.